The lowest BCUT2D eigenvalue weighted by Crippen LogP contribution is -2.00. The van der Waals surface area contributed by atoms with E-state index in [9.17, 15) is 9.50 Å². The maximum Gasteiger partial charge on any atom is 0.201 e. The van der Waals surface area contributed by atoms with E-state index in [-0.39, 0.29) is 18.2 Å². The predicted octanol–water partition coefficient (Wildman–Crippen LogP) is 3.99. The van der Waals surface area contributed by atoms with Gasteiger partial charge in [0.15, 0.2) is 0 Å². The van der Waals surface area contributed by atoms with Crippen molar-refractivity contribution in [2.75, 3.05) is 0 Å². The fourth-order valence-corrected chi connectivity index (χ4v) is 2.77. The highest BCUT2D eigenvalue weighted by molar-refractivity contribution is 5.84. The van der Waals surface area contributed by atoms with Gasteiger partial charge in [0.05, 0.1) is 17.4 Å². The molecule has 0 unspecified atom stereocenters. The van der Waals surface area contributed by atoms with Crippen molar-refractivity contribution in [2.24, 2.45) is 0 Å². The quantitative estimate of drug-likeness (QED) is 0.621. The molecule has 0 fully saturated rings. The van der Waals surface area contributed by atoms with Crippen LogP contribution in [0.25, 0.3) is 22.0 Å². The molecule has 0 spiro atoms. The lowest BCUT2D eigenvalue weighted by molar-refractivity contribution is 0.428. The minimum Gasteiger partial charge on any atom is -0.494 e. The number of hydrogen-bond donors (Lipinski definition) is 1. The third-order valence-electron chi connectivity index (χ3n) is 4.02. The molecule has 3 aromatic heterocycles. The minimum atomic E-state index is -0.318. The molecule has 1 N–H and O–H groups in total. The summed E-state index contributed by atoms with van der Waals surface area (Å²) in [7, 11) is 0. The summed E-state index contributed by atoms with van der Waals surface area (Å²) in [6.45, 7) is 0.237. The Morgan fingerprint density at radius 2 is 1.92 bits per heavy atom. The molecule has 0 radical (unpaired) electrons. The Balaban J connectivity index is 1.68. The molecule has 3 heterocycles. The maximum atomic E-state index is 14.5. The Kier molecular flexibility index (Phi) is 3.46. The van der Waals surface area contributed by atoms with Crippen LogP contribution < -0.4 is 0 Å². The molecular weight excluding hydrogens is 305 g/mol. The van der Waals surface area contributed by atoms with Gasteiger partial charge in [-0.05, 0) is 29.8 Å². The van der Waals surface area contributed by atoms with Crippen LogP contribution in [0.3, 0.4) is 0 Å². The van der Waals surface area contributed by atoms with E-state index in [4.69, 9.17) is 0 Å². The zero-order valence-electron chi connectivity index (χ0n) is 12.7. The van der Waals surface area contributed by atoms with Crippen molar-refractivity contribution < 1.29 is 9.50 Å². The van der Waals surface area contributed by atoms with Crippen LogP contribution in [0.15, 0.2) is 67.3 Å². The van der Waals surface area contributed by atoms with Crippen molar-refractivity contribution in [1.29, 1.82) is 0 Å². The summed E-state index contributed by atoms with van der Waals surface area (Å²) in [5, 5.41) is 10.9. The van der Waals surface area contributed by atoms with Crippen molar-refractivity contribution in [3.05, 3.63) is 78.6 Å². The molecule has 0 saturated heterocycles. The van der Waals surface area contributed by atoms with Gasteiger partial charge in [0.25, 0.3) is 0 Å². The van der Waals surface area contributed by atoms with Gasteiger partial charge in [-0.25, -0.2) is 4.39 Å². The average Bonchev–Trinajstić information content (AvgIpc) is 2.94. The number of halogens is 1. The summed E-state index contributed by atoms with van der Waals surface area (Å²) < 4.78 is 16.1. The number of aromatic nitrogens is 3. The molecule has 0 aliphatic carbocycles. The molecule has 0 amide bonds. The van der Waals surface area contributed by atoms with E-state index in [0.717, 1.165) is 11.1 Å². The molecule has 118 valence electrons. The first-order valence-corrected chi connectivity index (χ1v) is 7.54. The fourth-order valence-electron chi connectivity index (χ4n) is 2.77. The number of pyridine rings is 2. The zero-order valence-corrected chi connectivity index (χ0v) is 12.7. The molecule has 0 bridgehead atoms. The van der Waals surface area contributed by atoms with Gasteiger partial charge in [0.2, 0.25) is 5.88 Å². The number of rotatable bonds is 3. The molecule has 0 aliphatic rings. The molecule has 0 atom stereocenters. The Labute approximate surface area is 137 Å². The van der Waals surface area contributed by atoms with Crippen LogP contribution in [0.5, 0.6) is 5.88 Å². The maximum absolute atomic E-state index is 14.5. The van der Waals surface area contributed by atoms with Crippen LogP contribution in [0, 0.1) is 5.82 Å². The van der Waals surface area contributed by atoms with Crippen LogP contribution in [-0.2, 0) is 6.54 Å². The number of hydrogen-bond acceptors (Lipinski definition) is 3. The molecule has 1 aromatic carbocycles. The highest BCUT2D eigenvalue weighted by Crippen LogP contribution is 2.27. The lowest BCUT2D eigenvalue weighted by atomic mass is 10.1. The van der Waals surface area contributed by atoms with Crippen LogP contribution in [0.4, 0.5) is 4.39 Å². The zero-order chi connectivity index (χ0) is 16.5. The molecule has 4 aromatic rings. The summed E-state index contributed by atoms with van der Waals surface area (Å²) >= 11 is 0. The molecular formula is C19H14FN3O. The highest BCUT2D eigenvalue weighted by Gasteiger charge is 2.11. The van der Waals surface area contributed by atoms with Crippen LogP contribution in [0.2, 0.25) is 0 Å². The molecule has 4 nitrogen and oxygen atoms in total. The van der Waals surface area contributed by atoms with E-state index in [0.29, 0.717) is 16.5 Å². The van der Waals surface area contributed by atoms with E-state index in [1.54, 1.807) is 47.6 Å². The van der Waals surface area contributed by atoms with E-state index in [1.807, 2.05) is 18.2 Å². The first-order chi connectivity index (χ1) is 11.7. The average molecular weight is 319 g/mol. The van der Waals surface area contributed by atoms with Crippen molar-refractivity contribution in [3.63, 3.8) is 0 Å². The van der Waals surface area contributed by atoms with Gasteiger partial charge in [-0.15, -0.1) is 0 Å². The highest BCUT2D eigenvalue weighted by atomic mass is 19.1. The van der Waals surface area contributed by atoms with Gasteiger partial charge >= 0.3 is 0 Å². The Bertz CT molecular complexity index is 1010. The second-order valence-electron chi connectivity index (χ2n) is 5.56. The standard InChI is InChI=1S/C19H14FN3O/c20-17-9-13(14-3-1-7-21-10-14)5-6-15(17)11-23-12-18-16(19(23)24)4-2-8-22-18/h1-10,12,24H,11H2. The number of nitrogens with zero attached hydrogens (tertiary/aromatic N) is 3. The smallest absolute Gasteiger partial charge is 0.201 e. The molecule has 0 aliphatic heterocycles. The van der Waals surface area contributed by atoms with Crippen LogP contribution in [-0.4, -0.2) is 19.6 Å². The van der Waals surface area contributed by atoms with Crippen molar-refractivity contribution in [1.82, 2.24) is 14.5 Å². The molecule has 5 heteroatoms. The van der Waals surface area contributed by atoms with Gasteiger partial charge in [-0.2, -0.15) is 0 Å². The fraction of sp³-hybridized carbons (Fsp3) is 0.0526. The number of benzene rings is 1. The first-order valence-electron chi connectivity index (χ1n) is 7.54. The van der Waals surface area contributed by atoms with Crippen LogP contribution in [0.1, 0.15) is 5.56 Å². The summed E-state index contributed by atoms with van der Waals surface area (Å²) in [6.07, 6.45) is 6.76. The molecule has 4 rings (SSSR count). The van der Waals surface area contributed by atoms with E-state index < -0.39 is 0 Å². The van der Waals surface area contributed by atoms with Crippen molar-refractivity contribution in [2.45, 2.75) is 6.54 Å². The topological polar surface area (TPSA) is 50.9 Å². The van der Waals surface area contributed by atoms with Gasteiger partial charge in [-0.3, -0.25) is 9.97 Å². The predicted molar refractivity (Wildman–Crippen MR) is 90.1 cm³/mol. The van der Waals surface area contributed by atoms with Gasteiger partial charge in [0.1, 0.15) is 5.82 Å². The Morgan fingerprint density at radius 3 is 2.67 bits per heavy atom. The van der Waals surface area contributed by atoms with E-state index >= 15 is 0 Å². The SMILES string of the molecule is Oc1c2cccnc2cn1Cc1ccc(-c2cccnc2)cc1F. The number of fused-ring (bicyclic) bond motifs is 1. The lowest BCUT2D eigenvalue weighted by Gasteiger charge is -2.08. The van der Waals surface area contributed by atoms with E-state index in [1.165, 1.54) is 6.07 Å². The summed E-state index contributed by atoms with van der Waals surface area (Å²) in [4.78, 5) is 8.25. The van der Waals surface area contributed by atoms with Crippen LogP contribution >= 0.6 is 0 Å². The summed E-state index contributed by atoms with van der Waals surface area (Å²) in [5.74, 6) is -0.227. The van der Waals surface area contributed by atoms with Crippen molar-refractivity contribution in [3.8, 4) is 17.0 Å². The Morgan fingerprint density at radius 1 is 1.04 bits per heavy atom. The largest absolute Gasteiger partial charge is 0.494 e. The van der Waals surface area contributed by atoms with Gasteiger partial charge in [0, 0.05) is 35.9 Å². The van der Waals surface area contributed by atoms with Gasteiger partial charge in [-0.1, -0.05) is 18.2 Å². The number of aromatic hydroxyl groups is 1. The molecule has 0 saturated carbocycles. The Hall–Kier alpha value is -3.21. The second-order valence-corrected chi connectivity index (χ2v) is 5.56. The first kappa shape index (κ1) is 14.4. The minimum absolute atomic E-state index is 0.0915. The molecule has 24 heavy (non-hydrogen) atoms. The normalized spacial score (nSPS) is 11.0. The third-order valence-corrected chi connectivity index (χ3v) is 4.02. The third kappa shape index (κ3) is 2.50. The summed E-state index contributed by atoms with van der Waals surface area (Å²) in [6, 6.07) is 12.3. The van der Waals surface area contributed by atoms with E-state index in [2.05, 4.69) is 9.97 Å². The monoisotopic (exact) mass is 319 g/mol. The second kappa shape index (κ2) is 5.77. The van der Waals surface area contributed by atoms with Crippen molar-refractivity contribution >= 4 is 10.9 Å². The summed E-state index contributed by atoms with van der Waals surface area (Å²) in [5.41, 5.74) is 2.82. The van der Waals surface area contributed by atoms with Gasteiger partial charge < -0.3 is 9.67 Å².